The lowest BCUT2D eigenvalue weighted by atomic mass is 10.2. The van der Waals surface area contributed by atoms with E-state index in [4.69, 9.17) is 12.2 Å². The Morgan fingerprint density at radius 3 is 2.44 bits per heavy atom. The molecule has 32 heavy (non-hydrogen) atoms. The van der Waals surface area contributed by atoms with Crippen LogP contribution in [0, 0.1) is 10.1 Å². The second kappa shape index (κ2) is 10.5. The zero-order chi connectivity index (χ0) is 23.1. The molecule has 2 aromatic rings. The minimum Gasteiger partial charge on any atom is -0.283 e. The number of nitro groups is 1. The van der Waals surface area contributed by atoms with E-state index >= 15 is 0 Å². The summed E-state index contributed by atoms with van der Waals surface area (Å²) in [7, 11) is 0. The van der Waals surface area contributed by atoms with Crippen LogP contribution >= 0.6 is 24.0 Å². The molecule has 0 saturated carbocycles. The number of nitrogens with one attached hydrogen (secondary N) is 2. The Morgan fingerprint density at radius 1 is 1.09 bits per heavy atom. The molecule has 0 aromatic heterocycles. The Hall–Kier alpha value is -3.83. The molecule has 1 heterocycles. The van der Waals surface area contributed by atoms with Gasteiger partial charge >= 0.3 is 0 Å². The molecule has 0 radical (unpaired) electrons. The molecule has 1 saturated heterocycles. The van der Waals surface area contributed by atoms with Crippen LogP contribution < -0.4 is 10.9 Å². The van der Waals surface area contributed by atoms with Crippen LogP contribution in [0.25, 0.3) is 6.08 Å². The van der Waals surface area contributed by atoms with Crippen LogP contribution in [-0.4, -0.2) is 38.4 Å². The molecule has 9 nitrogen and oxygen atoms in total. The smallest absolute Gasteiger partial charge is 0.269 e. The summed E-state index contributed by atoms with van der Waals surface area (Å²) in [6.07, 6.45) is 5.19. The SMILES string of the molecule is O=C(CN1C(=O)C(=CC=Cc2ccccc2)SC1=S)NNC(=O)c1ccc([N+](=O)[O-])cc1. The number of thioether (sulfide) groups is 1. The molecule has 1 fully saturated rings. The third-order valence-electron chi connectivity index (χ3n) is 4.17. The fraction of sp³-hybridized carbons (Fsp3) is 0.0476. The van der Waals surface area contributed by atoms with E-state index in [2.05, 4.69) is 10.9 Å². The fourth-order valence-corrected chi connectivity index (χ4v) is 3.78. The van der Waals surface area contributed by atoms with Gasteiger partial charge in [0.25, 0.3) is 23.4 Å². The van der Waals surface area contributed by atoms with Gasteiger partial charge in [-0.2, -0.15) is 0 Å². The van der Waals surface area contributed by atoms with Crippen molar-refractivity contribution in [2.45, 2.75) is 0 Å². The first kappa shape index (κ1) is 22.8. The van der Waals surface area contributed by atoms with E-state index in [1.807, 2.05) is 36.4 Å². The van der Waals surface area contributed by atoms with E-state index < -0.39 is 22.6 Å². The molecule has 0 aliphatic carbocycles. The van der Waals surface area contributed by atoms with Crippen molar-refractivity contribution < 1.29 is 19.3 Å². The lowest BCUT2D eigenvalue weighted by Crippen LogP contribution is -2.47. The molecule has 2 aromatic carbocycles. The van der Waals surface area contributed by atoms with Crippen molar-refractivity contribution in [1.29, 1.82) is 0 Å². The maximum Gasteiger partial charge on any atom is 0.269 e. The minimum absolute atomic E-state index is 0.120. The minimum atomic E-state index is -0.662. The highest BCUT2D eigenvalue weighted by atomic mass is 32.2. The molecular formula is C21H16N4O5S2. The van der Waals surface area contributed by atoms with Crippen molar-refractivity contribution >= 4 is 57.8 Å². The number of nitrogens with zero attached hydrogens (tertiary/aromatic N) is 2. The van der Waals surface area contributed by atoms with Gasteiger partial charge in [0.2, 0.25) is 0 Å². The maximum atomic E-state index is 12.5. The quantitative estimate of drug-likeness (QED) is 0.289. The van der Waals surface area contributed by atoms with Gasteiger partial charge in [-0.3, -0.25) is 40.2 Å². The average Bonchev–Trinajstić information content (AvgIpc) is 3.05. The standard InChI is InChI=1S/C21H16N4O5S2/c26-18(22-23-19(27)15-9-11-16(12-10-15)25(29)30)13-24-20(28)17(32-21(24)31)8-4-7-14-5-2-1-3-6-14/h1-12H,13H2,(H,22,26)(H,23,27). The third kappa shape index (κ3) is 5.86. The fourth-order valence-electron chi connectivity index (χ4n) is 2.58. The largest absolute Gasteiger partial charge is 0.283 e. The summed E-state index contributed by atoms with van der Waals surface area (Å²) < 4.78 is 0.228. The van der Waals surface area contributed by atoms with Crippen molar-refractivity contribution in [3.05, 3.63) is 92.9 Å². The predicted molar refractivity (Wildman–Crippen MR) is 124 cm³/mol. The lowest BCUT2D eigenvalue weighted by Gasteiger charge is -2.14. The number of benzene rings is 2. The van der Waals surface area contributed by atoms with E-state index in [9.17, 15) is 24.5 Å². The molecule has 1 aliphatic rings. The number of carbonyl (C=O) groups is 3. The van der Waals surface area contributed by atoms with Crippen molar-refractivity contribution in [2.24, 2.45) is 0 Å². The molecule has 3 amide bonds. The van der Waals surface area contributed by atoms with Crippen LogP contribution in [0.2, 0.25) is 0 Å². The van der Waals surface area contributed by atoms with Crippen LogP contribution in [-0.2, 0) is 9.59 Å². The van der Waals surface area contributed by atoms with E-state index in [-0.39, 0.29) is 22.1 Å². The van der Waals surface area contributed by atoms with Gasteiger partial charge in [0.15, 0.2) is 0 Å². The van der Waals surface area contributed by atoms with Gasteiger partial charge in [-0.15, -0.1) is 0 Å². The summed E-state index contributed by atoms with van der Waals surface area (Å²) in [6, 6.07) is 14.4. The first-order valence-electron chi connectivity index (χ1n) is 9.16. The molecule has 162 valence electrons. The van der Waals surface area contributed by atoms with E-state index in [0.717, 1.165) is 22.2 Å². The predicted octanol–water partition coefficient (Wildman–Crippen LogP) is 2.81. The molecule has 0 atom stereocenters. The number of amides is 3. The van der Waals surface area contributed by atoms with Gasteiger partial charge < -0.3 is 0 Å². The highest BCUT2D eigenvalue weighted by molar-refractivity contribution is 8.26. The first-order valence-corrected chi connectivity index (χ1v) is 10.4. The molecule has 11 heteroatoms. The number of hydrogen-bond donors (Lipinski definition) is 2. The zero-order valence-electron chi connectivity index (χ0n) is 16.4. The number of allylic oxidation sites excluding steroid dienone is 2. The van der Waals surface area contributed by atoms with E-state index in [1.54, 1.807) is 12.2 Å². The Kier molecular flexibility index (Phi) is 7.47. The third-order valence-corrected chi connectivity index (χ3v) is 5.56. The molecule has 3 rings (SSSR count). The molecule has 0 spiro atoms. The van der Waals surface area contributed by atoms with Crippen LogP contribution in [0.4, 0.5) is 5.69 Å². The van der Waals surface area contributed by atoms with Gasteiger partial charge in [0.05, 0.1) is 9.83 Å². The molecule has 0 bridgehead atoms. The van der Waals surface area contributed by atoms with E-state index in [1.165, 1.54) is 24.3 Å². The van der Waals surface area contributed by atoms with Gasteiger partial charge in [0, 0.05) is 17.7 Å². The van der Waals surface area contributed by atoms with Crippen LogP contribution in [0.3, 0.4) is 0 Å². The topological polar surface area (TPSA) is 122 Å². The molecule has 1 aliphatic heterocycles. The van der Waals surface area contributed by atoms with Crippen molar-refractivity contribution in [3.63, 3.8) is 0 Å². The Morgan fingerprint density at radius 2 is 1.78 bits per heavy atom. The monoisotopic (exact) mass is 468 g/mol. The summed E-state index contributed by atoms with van der Waals surface area (Å²) in [4.78, 5) is 48.3. The summed E-state index contributed by atoms with van der Waals surface area (Å²) >= 11 is 6.26. The number of carbonyl (C=O) groups excluding carboxylic acids is 3. The number of rotatable bonds is 6. The number of hydrogen-bond acceptors (Lipinski definition) is 7. The maximum absolute atomic E-state index is 12.5. The highest BCUT2D eigenvalue weighted by Crippen LogP contribution is 2.30. The van der Waals surface area contributed by atoms with Gasteiger partial charge in [0.1, 0.15) is 10.9 Å². The Balaban J connectivity index is 1.53. The summed E-state index contributed by atoms with van der Waals surface area (Å²) in [5, 5.41) is 10.7. The first-order chi connectivity index (χ1) is 15.3. The Labute approximate surface area is 192 Å². The zero-order valence-corrected chi connectivity index (χ0v) is 18.0. The number of hydrazine groups is 1. The van der Waals surface area contributed by atoms with Gasteiger partial charge in [-0.25, -0.2) is 0 Å². The van der Waals surface area contributed by atoms with Crippen LogP contribution in [0.5, 0.6) is 0 Å². The van der Waals surface area contributed by atoms with Gasteiger partial charge in [-0.1, -0.05) is 66.5 Å². The summed E-state index contributed by atoms with van der Waals surface area (Å²) in [5.41, 5.74) is 5.32. The normalized spacial score (nSPS) is 14.8. The second-order valence-electron chi connectivity index (χ2n) is 6.37. The summed E-state index contributed by atoms with van der Waals surface area (Å²) in [6.45, 7) is -0.370. The van der Waals surface area contributed by atoms with E-state index in [0.29, 0.717) is 4.91 Å². The van der Waals surface area contributed by atoms with Crippen molar-refractivity contribution in [2.75, 3.05) is 6.54 Å². The average molecular weight is 469 g/mol. The van der Waals surface area contributed by atoms with Crippen LogP contribution in [0.15, 0.2) is 71.7 Å². The van der Waals surface area contributed by atoms with Crippen molar-refractivity contribution in [1.82, 2.24) is 15.8 Å². The molecule has 2 N–H and O–H groups in total. The number of thiocarbonyl (C=S) groups is 1. The van der Waals surface area contributed by atoms with Gasteiger partial charge in [-0.05, 0) is 23.8 Å². The number of nitro benzene ring substituents is 1. The summed E-state index contributed by atoms with van der Waals surface area (Å²) in [5.74, 6) is -1.73. The number of non-ortho nitro benzene ring substituents is 1. The Bertz CT molecular complexity index is 1130. The lowest BCUT2D eigenvalue weighted by molar-refractivity contribution is -0.384. The van der Waals surface area contributed by atoms with Crippen molar-refractivity contribution in [3.8, 4) is 0 Å². The highest BCUT2D eigenvalue weighted by Gasteiger charge is 2.33. The van der Waals surface area contributed by atoms with Crippen LogP contribution in [0.1, 0.15) is 15.9 Å². The second-order valence-corrected chi connectivity index (χ2v) is 8.04. The molecule has 0 unspecified atom stereocenters. The molecular weight excluding hydrogens is 452 g/mol.